The second-order valence-electron chi connectivity index (χ2n) is 5.37. The first-order chi connectivity index (χ1) is 9.33. The van der Waals surface area contributed by atoms with Crippen molar-refractivity contribution in [3.8, 4) is 0 Å². The monoisotopic (exact) mass is 317 g/mol. The quantitative estimate of drug-likeness (QED) is 0.894. The molecule has 1 aromatic heterocycles. The number of carbonyl (C=O) groups is 1. The number of carboxylic acid groups (broad SMARTS) is 1. The smallest absolute Gasteiger partial charge is 0.347 e. The van der Waals surface area contributed by atoms with Gasteiger partial charge in [0.25, 0.3) is 0 Å². The number of rotatable bonds is 4. The van der Waals surface area contributed by atoms with Crippen LogP contribution in [0.5, 0.6) is 0 Å². The fraction of sp³-hybridized carbons (Fsp3) is 0.615. The number of carboxylic acids is 1. The second-order valence-corrected chi connectivity index (χ2v) is 7.90. The lowest BCUT2D eigenvalue weighted by molar-refractivity contribution is 0.0698. The Morgan fingerprint density at radius 3 is 2.65 bits per heavy atom. The first kappa shape index (κ1) is 15.5. The number of aryl methyl sites for hydroxylation is 1. The average Bonchev–Trinajstić information content (AvgIpc) is 2.75. The molecular formula is C13H19NO4S2. The molecule has 0 bridgehead atoms. The summed E-state index contributed by atoms with van der Waals surface area (Å²) in [5.74, 6) is -0.911. The van der Waals surface area contributed by atoms with E-state index in [4.69, 9.17) is 5.11 Å². The van der Waals surface area contributed by atoms with Gasteiger partial charge in [0.05, 0.1) is 0 Å². The molecule has 7 heteroatoms. The summed E-state index contributed by atoms with van der Waals surface area (Å²) in [5.41, 5.74) is 0.489. The molecule has 0 saturated heterocycles. The van der Waals surface area contributed by atoms with Crippen LogP contribution in [-0.4, -0.2) is 25.5 Å². The number of hydrogen-bond donors (Lipinski definition) is 2. The van der Waals surface area contributed by atoms with Crippen molar-refractivity contribution in [2.45, 2.75) is 50.5 Å². The molecule has 2 rings (SSSR count). The summed E-state index contributed by atoms with van der Waals surface area (Å²) in [5, 5.41) is 10.7. The fourth-order valence-corrected chi connectivity index (χ4v) is 5.67. The third kappa shape index (κ3) is 3.05. The van der Waals surface area contributed by atoms with Crippen molar-refractivity contribution in [1.82, 2.24) is 4.72 Å². The zero-order valence-electron chi connectivity index (χ0n) is 11.5. The highest BCUT2D eigenvalue weighted by Gasteiger charge is 2.31. The largest absolute Gasteiger partial charge is 0.477 e. The number of thiophene rings is 1. The Balaban J connectivity index is 2.31. The van der Waals surface area contributed by atoms with Gasteiger partial charge in [-0.2, -0.15) is 0 Å². The van der Waals surface area contributed by atoms with E-state index in [1.165, 1.54) is 0 Å². The van der Waals surface area contributed by atoms with Gasteiger partial charge in [0.1, 0.15) is 9.77 Å². The summed E-state index contributed by atoms with van der Waals surface area (Å²) in [6, 6.07) is -0.102. The summed E-state index contributed by atoms with van der Waals surface area (Å²) in [7, 11) is -3.78. The van der Waals surface area contributed by atoms with Crippen molar-refractivity contribution in [2.75, 3.05) is 0 Å². The lowest BCUT2D eigenvalue weighted by Gasteiger charge is -2.29. The van der Waals surface area contributed by atoms with Crippen molar-refractivity contribution in [3.63, 3.8) is 0 Å². The van der Waals surface area contributed by atoms with Gasteiger partial charge < -0.3 is 5.11 Å². The lowest BCUT2D eigenvalue weighted by Crippen LogP contribution is -2.41. The molecule has 0 aliphatic heterocycles. The van der Waals surface area contributed by atoms with E-state index < -0.39 is 16.0 Å². The average molecular weight is 317 g/mol. The molecule has 1 fully saturated rings. The van der Waals surface area contributed by atoms with Gasteiger partial charge in [-0.1, -0.05) is 19.8 Å². The molecule has 1 heterocycles. The molecule has 1 aromatic rings. The van der Waals surface area contributed by atoms with Crippen LogP contribution >= 0.6 is 11.3 Å². The van der Waals surface area contributed by atoms with Crippen molar-refractivity contribution in [1.29, 1.82) is 0 Å². The normalized spacial score (nSPS) is 23.7. The molecule has 5 nitrogen and oxygen atoms in total. The van der Waals surface area contributed by atoms with Gasteiger partial charge in [-0.25, -0.2) is 17.9 Å². The van der Waals surface area contributed by atoms with E-state index in [1.54, 1.807) is 12.3 Å². The predicted octanol–water partition coefficient (Wildman–Crippen LogP) is 2.61. The third-order valence-corrected chi connectivity index (χ3v) is 6.69. The summed E-state index contributed by atoms with van der Waals surface area (Å²) in [6.07, 6.45) is 3.94. The van der Waals surface area contributed by atoms with Crippen LogP contribution in [0, 0.1) is 12.8 Å². The van der Waals surface area contributed by atoms with Crippen molar-refractivity contribution < 1.29 is 18.3 Å². The van der Waals surface area contributed by atoms with Gasteiger partial charge in [-0.3, -0.25) is 0 Å². The molecule has 0 radical (unpaired) electrons. The van der Waals surface area contributed by atoms with Crippen LogP contribution < -0.4 is 4.72 Å². The first-order valence-electron chi connectivity index (χ1n) is 6.66. The van der Waals surface area contributed by atoms with Crippen LogP contribution in [0.25, 0.3) is 0 Å². The molecule has 1 aliphatic rings. The molecular weight excluding hydrogens is 298 g/mol. The second kappa shape index (κ2) is 5.83. The summed E-state index contributed by atoms with van der Waals surface area (Å²) in [4.78, 5) is 11.0. The lowest BCUT2D eigenvalue weighted by atomic mass is 9.87. The van der Waals surface area contributed by atoms with Gasteiger partial charge in [0.15, 0.2) is 0 Å². The Morgan fingerprint density at radius 2 is 2.05 bits per heavy atom. The number of sulfonamides is 1. The molecule has 2 atom stereocenters. The molecule has 0 aromatic carbocycles. The Labute approximate surface area is 123 Å². The molecule has 1 saturated carbocycles. The Morgan fingerprint density at radius 1 is 1.40 bits per heavy atom. The zero-order valence-corrected chi connectivity index (χ0v) is 13.2. The molecule has 112 valence electrons. The summed E-state index contributed by atoms with van der Waals surface area (Å²) >= 11 is 0.955. The van der Waals surface area contributed by atoms with E-state index in [0.717, 1.165) is 37.0 Å². The molecule has 2 unspecified atom stereocenters. The summed E-state index contributed by atoms with van der Waals surface area (Å²) < 4.78 is 27.7. The number of nitrogens with one attached hydrogen (secondary N) is 1. The van der Waals surface area contributed by atoms with Crippen LogP contribution in [-0.2, 0) is 10.0 Å². The Kier molecular flexibility index (Phi) is 4.51. The van der Waals surface area contributed by atoms with E-state index in [0.29, 0.717) is 5.56 Å². The minimum Gasteiger partial charge on any atom is -0.477 e. The highest BCUT2D eigenvalue weighted by molar-refractivity contribution is 7.89. The van der Waals surface area contributed by atoms with Crippen molar-refractivity contribution in [2.24, 2.45) is 5.92 Å². The highest BCUT2D eigenvalue weighted by Crippen LogP contribution is 2.29. The van der Waals surface area contributed by atoms with Gasteiger partial charge in [-0.15, -0.1) is 11.3 Å². The number of aromatic carboxylic acids is 1. The predicted molar refractivity (Wildman–Crippen MR) is 77.8 cm³/mol. The standard InChI is InChI=1S/C13H19NO4S2/c1-8-5-3-4-6-10(8)14-20(17,18)12-9(2)7-19-11(12)13(15)16/h7-8,10,14H,3-6H2,1-2H3,(H,15,16). The summed E-state index contributed by atoms with van der Waals surface area (Å²) in [6.45, 7) is 3.66. The molecule has 1 aliphatic carbocycles. The molecule has 0 spiro atoms. The zero-order chi connectivity index (χ0) is 14.9. The maximum Gasteiger partial charge on any atom is 0.347 e. The van der Waals surface area contributed by atoms with E-state index >= 15 is 0 Å². The first-order valence-corrected chi connectivity index (χ1v) is 9.03. The van der Waals surface area contributed by atoms with Gasteiger partial charge in [-0.05, 0) is 36.6 Å². The SMILES string of the molecule is Cc1csc(C(=O)O)c1S(=O)(=O)NC1CCCCC1C. The van der Waals surface area contributed by atoms with Crippen LogP contribution in [0.15, 0.2) is 10.3 Å². The topological polar surface area (TPSA) is 83.5 Å². The molecule has 2 N–H and O–H groups in total. The minimum atomic E-state index is -3.78. The fourth-order valence-electron chi connectivity index (χ4n) is 2.66. The Hall–Kier alpha value is -0.920. The molecule has 0 amide bonds. The third-order valence-electron chi connectivity index (χ3n) is 3.80. The van der Waals surface area contributed by atoms with Crippen LogP contribution in [0.4, 0.5) is 0 Å². The van der Waals surface area contributed by atoms with Crippen LogP contribution in [0.3, 0.4) is 0 Å². The minimum absolute atomic E-state index is 0.0761. The van der Waals surface area contributed by atoms with Gasteiger partial charge in [0, 0.05) is 6.04 Å². The van der Waals surface area contributed by atoms with Gasteiger partial charge >= 0.3 is 5.97 Å². The Bertz CT molecular complexity index is 606. The number of hydrogen-bond acceptors (Lipinski definition) is 4. The van der Waals surface area contributed by atoms with E-state index in [2.05, 4.69) is 4.72 Å². The highest BCUT2D eigenvalue weighted by atomic mass is 32.2. The molecule has 20 heavy (non-hydrogen) atoms. The van der Waals surface area contributed by atoms with Crippen molar-refractivity contribution in [3.05, 3.63) is 15.8 Å². The van der Waals surface area contributed by atoms with E-state index in [-0.39, 0.29) is 21.7 Å². The maximum atomic E-state index is 12.5. The van der Waals surface area contributed by atoms with Crippen LogP contribution in [0.2, 0.25) is 0 Å². The van der Waals surface area contributed by atoms with E-state index in [9.17, 15) is 13.2 Å². The van der Waals surface area contributed by atoms with Crippen molar-refractivity contribution >= 4 is 27.3 Å². The van der Waals surface area contributed by atoms with E-state index in [1.807, 2.05) is 6.92 Å². The maximum absolute atomic E-state index is 12.5. The van der Waals surface area contributed by atoms with Crippen LogP contribution in [0.1, 0.15) is 47.8 Å². The van der Waals surface area contributed by atoms with Gasteiger partial charge in [0.2, 0.25) is 10.0 Å².